The predicted molar refractivity (Wildman–Crippen MR) is 151 cm³/mol. The highest BCUT2D eigenvalue weighted by atomic mass is 79.9. The Morgan fingerprint density at radius 3 is 2.31 bits per heavy atom. The van der Waals surface area contributed by atoms with Gasteiger partial charge >= 0.3 is 0 Å². The number of carbonyl (C=O) groups is 1. The molecule has 0 bridgehead atoms. The molecular formula is C26H21Br2ClN2O3S. The lowest BCUT2D eigenvalue weighted by molar-refractivity contribution is -0.114. The average Bonchev–Trinajstić information content (AvgIpc) is 3.03. The Balaban J connectivity index is 1.57. The summed E-state index contributed by atoms with van der Waals surface area (Å²) in [6.45, 7) is 2.82. The Kier molecular flexibility index (Phi) is 8.16. The standard InChI is InChI=1S/C26H21Br2ClN2O3S/c1-3-33-19-10-8-18(9-11-19)31-25(32)23(30(2)26(31)35)14-16-12-20(27)24(21(28)13-16)34-15-17-6-4-5-7-22(17)29/h4-14H,3,15H2,1-2H3/b23-14-. The van der Waals surface area contributed by atoms with E-state index in [-0.39, 0.29) is 5.91 Å². The van der Waals surface area contributed by atoms with E-state index in [1.54, 1.807) is 18.0 Å². The second-order valence-corrected chi connectivity index (χ2v) is 10.1. The summed E-state index contributed by atoms with van der Waals surface area (Å²) in [5, 5.41) is 1.06. The van der Waals surface area contributed by atoms with Crippen molar-refractivity contribution in [3.8, 4) is 11.5 Å². The van der Waals surface area contributed by atoms with Gasteiger partial charge in [-0.25, -0.2) is 0 Å². The fraction of sp³-hybridized carbons (Fsp3) is 0.154. The molecule has 3 aromatic rings. The lowest BCUT2D eigenvalue weighted by atomic mass is 10.1. The van der Waals surface area contributed by atoms with Gasteiger partial charge in [0.05, 0.1) is 21.2 Å². The summed E-state index contributed by atoms with van der Waals surface area (Å²) in [7, 11) is 1.78. The van der Waals surface area contributed by atoms with Crippen LogP contribution >= 0.6 is 55.7 Å². The van der Waals surface area contributed by atoms with Gasteiger partial charge in [-0.3, -0.25) is 9.69 Å². The van der Waals surface area contributed by atoms with Crippen LogP contribution in [0.4, 0.5) is 5.69 Å². The van der Waals surface area contributed by atoms with E-state index >= 15 is 0 Å². The molecule has 5 nitrogen and oxygen atoms in total. The van der Waals surface area contributed by atoms with E-state index in [9.17, 15) is 4.79 Å². The van der Waals surface area contributed by atoms with Crippen LogP contribution < -0.4 is 14.4 Å². The van der Waals surface area contributed by atoms with Gasteiger partial charge in [0.2, 0.25) is 0 Å². The van der Waals surface area contributed by atoms with Crippen LogP contribution in [-0.4, -0.2) is 29.6 Å². The molecule has 1 saturated heterocycles. The van der Waals surface area contributed by atoms with Crippen molar-refractivity contribution in [1.29, 1.82) is 0 Å². The number of nitrogens with zero attached hydrogens (tertiary/aromatic N) is 2. The number of anilines is 1. The molecule has 1 amide bonds. The van der Waals surface area contributed by atoms with Crippen LogP contribution in [0.25, 0.3) is 6.08 Å². The van der Waals surface area contributed by atoms with Crippen LogP contribution in [0.15, 0.2) is 75.3 Å². The van der Waals surface area contributed by atoms with Crippen LogP contribution in [-0.2, 0) is 11.4 Å². The first-order chi connectivity index (χ1) is 16.8. The zero-order valence-electron chi connectivity index (χ0n) is 18.9. The van der Waals surface area contributed by atoms with E-state index in [4.69, 9.17) is 33.3 Å². The van der Waals surface area contributed by atoms with Crippen LogP contribution in [0.1, 0.15) is 18.1 Å². The van der Waals surface area contributed by atoms with Crippen molar-refractivity contribution in [3.05, 3.63) is 91.5 Å². The minimum atomic E-state index is -0.201. The molecule has 35 heavy (non-hydrogen) atoms. The molecule has 0 saturated carbocycles. The van der Waals surface area contributed by atoms with Gasteiger partial charge in [0.25, 0.3) is 5.91 Å². The van der Waals surface area contributed by atoms with E-state index in [0.29, 0.717) is 40.5 Å². The van der Waals surface area contributed by atoms with Crippen LogP contribution in [0.3, 0.4) is 0 Å². The lowest BCUT2D eigenvalue weighted by Gasteiger charge is -2.16. The second kappa shape index (κ2) is 11.1. The number of hydrogen-bond acceptors (Lipinski definition) is 4. The Bertz CT molecular complexity index is 1290. The van der Waals surface area contributed by atoms with Crippen molar-refractivity contribution >= 4 is 78.5 Å². The Morgan fingerprint density at radius 1 is 1.03 bits per heavy atom. The van der Waals surface area contributed by atoms with Crippen LogP contribution in [0.5, 0.6) is 11.5 Å². The van der Waals surface area contributed by atoms with Gasteiger partial charge in [0, 0.05) is 17.6 Å². The van der Waals surface area contributed by atoms with E-state index in [1.807, 2.05) is 67.6 Å². The topological polar surface area (TPSA) is 42.0 Å². The molecule has 0 unspecified atom stereocenters. The van der Waals surface area contributed by atoms with Crippen molar-refractivity contribution in [2.24, 2.45) is 0 Å². The van der Waals surface area contributed by atoms with Gasteiger partial charge in [-0.05, 0) is 105 Å². The zero-order valence-corrected chi connectivity index (χ0v) is 23.7. The van der Waals surface area contributed by atoms with Gasteiger partial charge in [-0.2, -0.15) is 0 Å². The van der Waals surface area contributed by atoms with Crippen molar-refractivity contribution in [3.63, 3.8) is 0 Å². The zero-order chi connectivity index (χ0) is 25.1. The molecular weight excluding hydrogens is 616 g/mol. The summed E-state index contributed by atoms with van der Waals surface area (Å²) in [4.78, 5) is 16.5. The van der Waals surface area contributed by atoms with Crippen molar-refractivity contribution in [2.75, 3.05) is 18.6 Å². The minimum absolute atomic E-state index is 0.201. The average molecular weight is 637 g/mol. The molecule has 1 aliphatic heterocycles. The first kappa shape index (κ1) is 25.7. The van der Waals surface area contributed by atoms with Crippen molar-refractivity contribution in [1.82, 2.24) is 4.90 Å². The van der Waals surface area contributed by atoms with Gasteiger partial charge in [0.1, 0.15) is 23.8 Å². The highest BCUT2D eigenvalue weighted by Crippen LogP contribution is 2.37. The molecule has 1 aliphatic rings. The number of benzene rings is 3. The maximum Gasteiger partial charge on any atom is 0.281 e. The molecule has 180 valence electrons. The van der Waals surface area contributed by atoms with E-state index in [1.165, 1.54) is 4.90 Å². The fourth-order valence-corrected chi connectivity index (χ4v) is 5.49. The molecule has 9 heteroatoms. The molecule has 1 fully saturated rings. The fourth-order valence-electron chi connectivity index (χ4n) is 3.57. The van der Waals surface area contributed by atoms with Gasteiger partial charge in [-0.15, -0.1) is 0 Å². The maximum atomic E-state index is 13.3. The van der Waals surface area contributed by atoms with Crippen LogP contribution in [0, 0.1) is 0 Å². The summed E-state index contributed by atoms with van der Waals surface area (Å²) < 4.78 is 13.0. The first-order valence-electron chi connectivity index (χ1n) is 10.7. The molecule has 4 rings (SSSR count). The maximum absolute atomic E-state index is 13.3. The number of amides is 1. The molecule has 0 atom stereocenters. The highest BCUT2D eigenvalue weighted by molar-refractivity contribution is 9.11. The second-order valence-electron chi connectivity index (χ2n) is 7.63. The molecule has 0 aromatic heterocycles. The Labute approximate surface area is 231 Å². The monoisotopic (exact) mass is 634 g/mol. The number of hydrogen-bond donors (Lipinski definition) is 0. The normalized spacial score (nSPS) is 14.7. The minimum Gasteiger partial charge on any atom is -0.494 e. The number of rotatable bonds is 7. The molecule has 1 heterocycles. The molecule has 3 aromatic carbocycles. The van der Waals surface area contributed by atoms with Gasteiger partial charge < -0.3 is 14.4 Å². The number of likely N-dealkylation sites (N-methyl/N-ethyl adjacent to an activating group) is 1. The largest absolute Gasteiger partial charge is 0.494 e. The molecule has 0 N–H and O–H groups in total. The van der Waals surface area contributed by atoms with Crippen LogP contribution in [0.2, 0.25) is 5.02 Å². The van der Waals surface area contributed by atoms with Crippen molar-refractivity contribution < 1.29 is 14.3 Å². The number of thiocarbonyl (C=S) groups is 1. The number of ether oxygens (including phenoxy) is 2. The van der Waals surface area contributed by atoms with E-state index in [0.717, 1.165) is 25.8 Å². The predicted octanol–water partition coefficient (Wildman–Crippen LogP) is 7.45. The van der Waals surface area contributed by atoms with Gasteiger partial charge in [0.15, 0.2) is 5.11 Å². The summed E-state index contributed by atoms with van der Waals surface area (Å²) in [6, 6.07) is 18.6. The molecule has 0 radical (unpaired) electrons. The highest BCUT2D eigenvalue weighted by Gasteiger charge is 2.36. The third-order valence-electron chi connectivity index (χ3n) is 5.32. The summed E-state index contributed by atoms with van der Waals surface area (Å²) >= 11 is 19.0. The first-order valence-corrected chi connectivity index (χ1v) is 13.1. The van der Waals surface area contributed by atoms with Gasteiger partial charge in [-0.1, -0.05) is 29.8 Å². The SMILES string of the molecule is CCOc1ccc(N2C(=O)/C(=C/c3cc(Br)c(OCc4ccccc4Cl)c(Br)c3)N(C)C2=S)cc1. The Morgan fingerprint density at radius 2 is 1.69 bits per heavy atom. The summed E-state index contributed by atoms with van der Waals surface area (Å²) in [5.41, 5.74) is 2.84. The molecule has 0 aliphatic carbocycles. The smallest absolute Gasteiger partial charge is 0.281 e. The van der Waals surface area contributed by atoms with E-state index < -0.39 is 0 Å². The lowest BCUT2D eigenvalue weighted by Crippen LogP contribution is -2.31. The number of halogens is 3. The quantitative estimate of drug-likeness (QED) is 0.199. The third-order valence-corrected chi connectivity index (χ3v) is 7.32. The molecule has 0 spiro atoms. The van der Waals surface area contributed by atoms with E-state index in [2.05, 4.69) is 31.9 Å². The Hall–Kier alpha value is -2.39. The van der Waals surface area contributed by atoms with Crippen molar-refractivity contribution in [2.45, 2.75) is 13.5 Å². The summed E-state index contributed by atoms with van der Waals surface area (Å²) in [6.07, 6.45) is 1.80. The number of carbonyl (C=O) groups excluding carboxylic acids is 1. The third kappa shape index (κ3) is 5.56. The summed E-state index contributed by atoms with van der Waals surface area (Å²) in [5.74, 6) is 1.18.